The summed E-state index contributed by atoms with van der Waals surface area (Å²) in [6, 6.07) is 18.2. The van der Waals surface area contributed by atoms with E-state index in [2.05, 4.69) is 48.2 Å². The Morgan fingerprint density at radius 1 is 1.12 bits per heavy atom. The van der Waals surface area contributed by atoms with Gasteiger partial charge < -0.3 is 21.8 Å². The molecule has 1 heterocycles. The summed E-state index contributed by atoms with van der Waals surface area (Å²) < 4.78 is 0. The summed E-state index contributed by atoms with van der Waals surface area (Å²) in [4.78, 5) is 2.36. The van der Waals surface area contributed by atoms with Gasteiger partial charge in [-0.05, 0) is 56.9 Å². The van der Waals surface area contributed by atoms with E-state index in [0.29, 0.717) is 5.92 Å². The molecule has 5 heteroatoms. The highest BCUT2D eigenvalue weighted by molar-refractivity contribution is 6.30. The molecule has 5 N–H and O–H groups in total. The van der Waals surface area contributed by atoms with Crippen molar-refractivity contribution in [2.45, 2.75) is 13.3 Å². The second-order valence-electron chi connectivity index (χ2n) is 5.64. The number of nitrogens with two attached hydrogens (primary N) is 2. The Balaban J connectivity index is 0.000000444. The van der Waals surface area contributed by atoms with E-state index in [1.165, 1.54) is 18.3 Å². The number of hydrogen-bond acceptors (Lipinski definition) is 4. The van der Waals surface area contributed by atoms with E-state index >= 15 is 0 Å². The largest absolute Gasteiger partial charge is 0.402 e. The lowest BCUT2D eigenvalue weighted by Crippen LogP contribution is -2.21. The molecule has 1 saturated heterocycles. The third kappa shape index (κ3) is 8.70. The summed E-state index contributed by atoms with van der Waals surface area (Å²) in [6.07, 6.45) is 1.13. The molecule has 2 aromatic carbocycles. The molecule has 4 nitrogen and oxygen atoms in total. The van der Waals surface area contributed by atoms with E-state index in [0.717, 1.165) is 30.2 Å². The molecule has 1 aliphatic heterocycles. The minimum atomic E-state index is 0.468. The maximum absolute atomic E-state index is 5.72. The maximum Gasteiger partial charge on any atom is 0.0408 e. The van der Waals surface area contributed by atoms with Crippen molar-refractivity contribution in [3.63, 3.8) is 0 Å². The minimum absolute atomic E-state index is 0.468. The first-order valence-electron chi connectivity index (χ1n) is 8.46. The van der Waals surface area contributed by atoms with Gasteiger partial charge in [0.05, 0.1) is 0 Å². The molecular formula is C21H31ClN4. The first-order valence-corrected chi connectivity index (χ1v) is 8.83. The highest BCUT2D eigenvalue weighted by Crippen LogP contribution is 2.25. The fourth-order valence-electron chi connectivity index (χ4n) is 2.54. The average molecular weight is 375 g/mol. The molecule has 1 fully saturated rings. The van der Waals surface area contributed by atoms with Crippen molar-refractivity contribution >= 4 is 24.0 Å². The molecular weight excluding hydrogens is 344 g/mol. The van der Waals surface area contributed by atoms with Gasteiger partial charge in [-0.3, -0.25) is 0 Å². The quantitative estimate of drug-likeness (QED) is 0.678. The van der Waals surface area contributed by atoms with Gasteiger partial charge in [0.15, 0.2) is 0 Å². The number of anilines is 1. The number of aryl methyl sites for hydroxylation is 1. The number of para-hydroxylation sites is 1. The van der Waals surface area contributed by atoms with Crippen LogP contribution < -0.4 is 16.4 Å². The number of nitrogens with zero attached hydrogens (tertiary/aromatic N) is 1. The second kappa shape index (κ2) is 13.9. The molecule has 2 aromatic rings. The number of nitrogens with one attached hydrogen (secondary N) is 1. The molecule has 0 amide bonds. The lowest BCUT2D eigenvalue weighted by atomic mass is 10.1. The monoisotopic (exact) mass is 374 g/mol. The molecule has 1 unspecified atom stereocenters. The highest BCUT2D eigenvalue weighted by Gasteiger charge is 2.23. The second-order valence-corrected chi connectivity index (χ2v) is 6.08. The predicted octanol–water partition coefficient (Wildman–Crippen LogP) is 4.47. The van der Waals surface area contributed by atoms with Crippen molar-refractivity contribution in [1.82, 2.24) is 0 Å². The van der Waals surface area contributed by atoms with Crippen LogP contribution in [0.1, 0.15) is 12.0 Å². The third-order valence-corrected chi connectivity index (χ3v) is 4.05. The average Bonchev–Trinajstić information content (AvgIpc) is 3.17. The van der Waals surface area contributed by atoms with Gasteiger partial charge in [0.2, 0.25) is 0 Å². The summed E-state index contributed by atoms with van der Waals surface area (Å²) in [5, 5.41) is 6.31. The zero-order chi connectivity index (χ0) is 19.9. The van der Waals surface area contributed by atoms with Gasteiger partial charge in [-0.1, -0.05) is 48.5 Å². The van der Waals surface area contributed by atoms with Crippen LogP contribution in [0.2, 0.25) is 5.02 Å². The summed E-state index contributed by atoms with van der Waals surface area (Å²) in [5.74, 6) is 0.468. The Bertz CT molecular complexity index is 614. The van der Waals surface area contributed by atoms with Crippen molar-refractivity contribution in [1.29, 1.82) is 5.41 Å². The van der Waals surface area contributed by atoms with E-state index in [9.17, 15) is 0 Å². The van der Waals surface area contributed by atoms with Crippen molar-refractivity contribution in [3.05, 3.63) is 77.5 Å². The number of hydrogen-bond donors (Lipinski definition) is 3. The van der Waals surface area contributed by atoms with Gasteiger partial charge in [0.1, 0.15) is 0 Å². The summed E-state index contributed by atoms with van der Waals surface area (Å²) >= 11 is 5.64. The number of rotatable bonds is 2. The van der Waals surface area contributed by atoms with Crippen LogP contribution >= 0.6 is 11.6 Å². The lowest BCUT2D eigenvalue weighted by molar-refractivity contribution is 0.684. The minimum Gasteiger partial charge on any atom is -0.402 e. The van der Waals surface area contributed by atoms with Crippen molar-refractivity contribution in [3.8, 4) is 0 Å². The fourth-order valence-corrected chi connectivity index (χ4v) is 2.79. The summed E-state index contributed by atoms with van der Waals surface area (Å²) in [5.41, 5.74) is 13.5. The molecule has 0 aromatic heterocycles. The zero-order valence-electron chi connectivity index (χ0n) is 15.8. The van der Waals surface area contributed by atoms with Gasteiger partial charge in [0, 0.05) is 35.4 Å². The molecule has 1 atom stereocenters. The zero-order valence-corrected chi connectivity index (χ0v) is 16.5. The van der Waals surface area contributed by atoms with Crippen LogP contribution in [0.15, 0.2) is 66.9 Å². The topological polar surface area (TPSA) is 79.1 Å². The van der Waals surface area contributed by atoms with Crippen LogP contribution in [0.5, 0.6) is 0 Å². The first-order chi connectivity index (χ1) is 12.6. The Kier molecular flexibility index (Phi) is 12.7. The van der Waals surface area contributed by atoms with E-state index in [1.54, 1.807) is 0 Å². The van der Waals surface area contributed by atoms with Crippen LogP contribution in [-0.4, -0.2) is 26.9 Å². The van der Waals surface area contributed by atoms with Gasteiger partial charge in [-0.15, -0.1) is 0 Å². The summed E-state index contributed by atoms with van der Waals surface area (Å²) in [7, 11) is 1.50. The smallest absolute Gasteiger partial charge is 0.0408 e. The molecule has 1 aliphatic rings. The fraction of sp³-hybridized carbons (Fsp3) is 0.286. The van der Waals surface area contributed by atoms with E-state index < -0.39 is 0 Å². The van der Waals surface area contributed by atoms with E-state index in [-0.39, 0.29) is 0 Å². The molecule has 26 heavy (non-hydrogen) atoms. The molecule has 0 bridgehead atoms. The van der Waals surface area contributed by atoms with Gasteiger partial charge >= 0.3 is 0 Å². The first kappa shape index (κ1) is 23.7. The SMILES string of the molecule is C=C(N)C1CCN(c2ccccc2)C1.C=N.CN.Cc1cccc(Cl)c1. The Morgan fingerprint density at radius 3 is 2.15 bits per heavy atom. The third-order valence-electron chi connectivity index (χ3n) is 3.81. The predicted molar refractivity (Wildman–Crippen MR) is 116 cm³/mol. The van der Waals surface area contributed by atoms with Gasteiger partial charge in [0.25, 0.3) is 0 Å². The van der Waals surface area contributed by atoms with Crippen LogP contribution in [0, 0.1) is 18.3 Å². The van der Waals surface area contributed by atoms with E-state index in [1.807, 2.05) is 37.3 Å². The van der Waals surface area contributed by atoms with Crippen molar-refractivity contribution in [2.24, 2.45) is 17.4 Å². The number of halogens is 1. The molecule has 0 aliphatic carbocycles. The maximum atomic E-state index is 5.72. The normalized spacial score (nSPS) is 14.6. The molecule has 0 radical (unpaired) electrons. The molecule has 142 valence electrons. The van der Waals surface area contributed by atoms with Gasteiger partial charge in [-0.2, -0.15) is 0 Å². The van der Waals surface area contributed by atoms with Gasteiger partial charge in [-0.25, -0.2) is 0 Å². The lowest BCUT2D eigenvalue weighted by Gasteiger charge is -2.18. The van der Waals surface area contributed by atoms with E-state index in [4.69, 9.17) is 22.7 Å². The Hall–Kier alpha value is -2.30. The van der Waals surface area contributed by atoms with Crippen LogP contribution in [0.3, 0.4) is 0 Å². The number of benzene rings is 2. The Morgan fingerprint density at radius 2 is 1.73 bits per heavy atom. The van der Waals surface area contributed by atoms with Crippen molar-refractivity contribution in [2.75, 3.05) is 25.0 Å². The molecule has 3 rings (SSSR count). The standard InChI is InChI=1S/C12H16N2.C7H7Cl.CH5N.CH3N/c1-10(13)11-7-8-14(9-11)12-5-3-2-4-6-12;1-6-3-2-4-7(8)5-6;2*1-2/h2-6,11H,1,7-9,13H2;2-5H,1H3;2H2,1H3;2H,1H2. The van der Waals surface area contributed by atoms with Crippen LogP contribution in [0.4, 0.5) is 5.69 Å². The van der Waals surface area contributed by atoms with Crippen LogP contribution in [0.25, 0.3) is 0 Å². The molecule has 0 spiro atoms. The van der Waals surface area contributed by atoms with Crippen molar-refractivity contribution < 1.29 is 0 Å². The molecule has 0 saturated carbocycles. The van der Waals surface area contributed by atoms with Crippen LogP contribution in [-0.2, 0) is 0 Å². The Labute approximate surface area is 163 Å². The highest BCUT2D eigenvalue weighted by atomic mass is 35.5. The summed E-state index contributed by atoms with van der Waals surface area (Å²) in [6.45, 7) is 10.4.